The summed E-state index contributed by atoms with van der Waals surface area (Å²) >= 11 is 3.23. The van der Waals surface area contributed by atoms with E-state index in [0.717, 1.165) is 17.1 Å². The van der Waals surface area contributed by atoms with Crippen molar-refractivity contribution in [3.8, 4) is 0 Å². The van der Waals surface area contributed by atoms with Crippen molar-refractivity contribution in [3.63, 3.8) is 0 Å². The van der Waals surface area contributed by atoms with Crippen LogP contribution in [0.5, 0.6) is 0 Å². The van der Waals surface area contributed by atoms with Gasteiger partial charge in [0, 0.05) is 18.6 Å². The summed E-state index contributed by atoms with van der Waals surface area (Å²) in [5.41, 5.74) is 0.234. The van der Waals surface area contributed by atoms with Gasteiger partial charge >= 0.3 is 5.97 Å². The third kappa shape index (κ3) is 4.26. The predicted octanol–water partition coefficient (Wildman–Crippen LogP) is 3.46. The smallest absolute Gasteiger partial charge is 0.338 e. The lowest BCUT2D eigenvalue weighted by Gasteiger charge is -2.24. The Kier molecular flexibility index (Phi) is 6.22. The average molecular weight is 416 g/mol. The lowest BCUT2D eigenvalue weighted by atomic mass is 9.85. The van der Waals surface area contributed by atoms with Crippen molar-refractivity contribution in [1.82, 2.24) is 4.31 Å². The molecule has 0 spiro atoms. The van der Waals surface area contributed by atoms with E-state index in [1.807, 2.05) is 0 Å². The van der Waals surface area contributed by atoms with Crippen LogP contribution in [0.2, 0.25) is 0 Å². The molecule has 24 heavy (non-hydrogen) atoms. The molecule has 0 radical (unpaired) electrons. The van der Waals surface area contributed by atoms with E-state index in [4.69, 9.17) is 4.74 Å². The Hall–Kier alpha value is -1.18. The average Bonchev–Trinajstić information content (AvgIpc) is 2.54. The number of esters is 1. The zero-order valence-electron chi connectivity index (χ0n) is 14.0. The van der Waals surface area contributed by atoms with E-state index in [2.05, 4.69) is 35.0 Å². The molecule has 0 aromatic heterocycles. The normalized spacial score (nSPS) is 21.0. The van der Waals surface area contributed by atoms with Crippen LogP contribution in [-0.2, 0) is 14.8 Å². The number of ether oxygens (including phenoxy) is 1. The Bertz CT molecular complexity index is 743. The number of hydrogen-bond acceptors (Lipinski definition) is 4. The molecule has 0 saturated carbocycles. The highest BCUT2D eigenvalue weighted by atomic mass is 79.9. The lowest BCUT2D eigenvalue weighted by Crippen LogP contribution is -2.23. The number of carbonyl (C=O) groups excluding carboxylic acids is 1. The predicted molar refractivity (Wildman–Crippen MR) is 96.3 cm³/mol. The lowest BCUT2D eigenvalue weighted by molar-refractivity contribution is 0.0395. The number of allylic oxidation sites excluding steroid dienone is 2. The summed E-state index contributed by atoms with van der Waals surface area (Å²) in [6.45, 7) is 2.49. The van der Waals surface area contributed by atoms with Crippen LogP contribution in [0.3, 0.4) is 0 Å². The van der Waals surface area contributed by atoms with Crippen LogP contribution < -0.4 is 0 Å². The molecule has 132 valence electrons. The fourth-order valence-corrected chi connectivity index (χ4v) is 4.37. The van der Waals surface area contributed by atoms with Crippen molar-refractivity contribution < 1.29 is 17.9 Å². The second-order valence-electron chi connectivity index (χ2n) is 6.21. The van der Waals surface area contributed by atoms with Crippen molar-refractivity contribution in [2.75, 3.05) is 20.7 Å². The summed E-state index contributed by atoms with van der Waals surface area (Å²) in [6.07, 6.45) is 6.15. The second kappa shape index (κ2) is 7.80. The maximum atomic E-state index is 12.3. The van der Waals surface area contributed by atoms with Gasteiger partial charge in [-0.2, -0.15) is 0 Å². The molecule has 1 aromatic rings. The molecule has 0 fully saturated rings. The molecular formula is C17H22BrNO4S. The Labute approximate surface area is 151 Å². The van der Waals surface area contributed by atoms with Gasteiger partial charge in [0.2, 0.25) is 10.0 Å². The van der Waals surface area contributed by atoms with Crippen molar-refractivity contribution in [3.05, 3.63) is 40.4 Å². The van der Waals surface area contributed by atoms with E-state index in [9.17, 15) is 13.2 Å². The van der Waals surface area contributed by atoms with Gasteiger partial charge in [-0.3, -0.25) is 0 Å². The molecule has 0 saturated heterocycles. The Morgan fingerprint density at radius 1 is 1.29 bits per heavy atom. The van der Waals surface area contributed by atoms with Gasteiger partial charge in [-0.15, -0.1) is 0 Å². The number of nitrogens with zero attached hydrogens (tertiary/aromatic N) is 1. The molecule has 2 unspecified atom stereocenters. The van der Waals surface area contributed by atoms with Crippen LogP contribution in [0.1, 0.15) is 30.1 Å². The first kappa shape index (κ1) is 19.1. The summed E-state index contributed by atoms with van der Waals surface area (Å²) in [7, 11) is -0.740. The molecule has 0 N–H and O–H groups in total. The Balaban J connectivity index is 2.14. The molecule has 2 atom stereocenters. The maximum Gasteiger partial charge on any atom is 0.338 e. The maximum absolute atomic E-state index is 12.3. The van der Waals surface area contributed by atoms with E-state index in [1.165, 1.54) is 20.2 Å². The number of hydrogen-bond donors (Lipinski definition) is 0. The van der Waals surface area contributed by atoms with Gasteiger partial charge in [0.15, 0.2) is 0 Å². The second-order valence-corrected chi connectivity index (χ2v) is 9.19. The number of sulfonamides is 1. The van der Waals surface area contributed by atoms with Gasteiger partial charge in [-0.25, -0.2) is 17.5 Å². The van der Waals surface area contributed by atoms with Gasteiger partial charge in [0.05, 0.1) is 17.1 Å². The number of benzene rings is 1. The van der Waals surface area contributed by atoms with Crippen molar-refractivity contribution >= 4 is 31.9 Å². The van der Waals surface area contributed by atoms with E-state index in [-0.39, 0.29) is 10.5 Å². The minimum atomic E-state index is -3.64. The standard InChI is InChI=1S/C17H22BrNO4S/c1-12-6-4-5-7-14(12)11-23-17(20)13-8-9-15(18)16(10-13)24(21,22)19(2)3/h4-5,8-10,12,14H,6-7,11H2,1-3H3. The highest BCUT2D eigenvalue weighted by molar-refractivity contribution is 9.10. The highest BCUT2D eigenvalue weighted by Gasteiger charge is 2.24. The van der Waals surface area contributed by atoms with Gasteiger partial charge in [0.1, 0.15) is 0 Å². The van der Waals surface area contributed by atoms with Gasteiger partial charge in [-0.05, 0) is 58.8 Å². The quantitative estimate of drug-likeness (QED) is 0.545. The molecule has 0 amide bonds. The summed E-state index contributed by atoms with van der Waals surface area (Å²) in [4.78, 5) is 12.3. The molecule has 2 rings (SSSR count). The zero-order valence-corrected chi connectivity index (χ0v) is 16.4. The highest BCUT2D eigenvalue weighted by Crippen LogP contribution is 2.27. The van der Waals surface area contributed by atoms with E-state index in [0.29, 0.717) is 22.9 Å². The first-order valence-corrected chi connectivity index (χ1v) is 10.0. The minimum Gasteiger partial charge on any atom is -0.462 e. The number of halogens is 1. The van der Waals surface area contributed by atoms with Crippen LogP contribution in [0.4, 0.5) is 0 Å². The number of rotatable bonds is 5. The van der Waals surface area contributed by atoms with Crippen molar-refractivity contribution in [2.24, 2.45) is 11.8 Å². The third-order valence-corrected chi connectivity index (χ3v) is 7.08. The van der Waals surface area contributed by atoms with Gasteiger partial charge < -0.3 is 4.74 Å². The SMILES string of the molecule is CC1CC=CCC1COC(=O)c1ccc(Br)c(S(=O)(=O)N(C)C)c1. The monoisotopic (exact) mass is 415 g/mol. The van der Waals surface area contributed by atoms with Crippen LogP contribution in [0.25, 0.3) is 0 Å². The molecule has 0 aliphatic heterocycles. The number of carbonyl (C=O) groups is 1. The van der Waals surface area contributed by atoms with E-state index < -0.39 is 16.0 Å². The molecule has 1 aliphatic carbocycles. The van der Waals surface area contributed by atoms with Crippen LogP contribution in [0, 0.1) is 11.8 Å². The Morgan fingerprint density at radius 3 is 2.58 bits per heavy atom. The summed E-state index contributed by atoms with van der Waals surface area (Å²) in [5, 5.41) is 0. The molecule has 5 nitrogen and oxygen atoms in total. The topological polar surface area (TPSA) is 63.7 Å². The molecule has 7 heteroatoms. The summed E-state index contributed by atoms with van der Waals surface area (Å²) in [6, 6.07) is 4.47. The third-order valence-electron chi connectivity index (χ3n) is 4.27. The molecule has 1 aliphatic rings. The first-order chi connectivity index (χ1) is 11.2. The fourth-order valence-electron chi connectivity index (χ4n) is 2.53. The fraction of sp³-hybridized carbons (Fsp3) is 0.471. The van der Waals surface area contributed by atoms with E-state index in [1.54, 1.807) is 12.1 Å². The summed E-state index contributed by atoms with van der Waals surface area (Å²) < 4.78 is 31.6. The van der Waals surface area contributed by atoms with E-state index >= 15 is 0 Å². The van der Waals surface area contributed by atoms with Crippen LogP contribution in [-0.4, -0.2) is 39.4 Å². The summed E-state index contributed by atoms with van der Waals surface area (Å²) in [5.74, 6) is 0.274. The molecule has 1 aromatic carbocycles. The van der Waals surface area contributed by atoms with Crippen LogP contribution >= 0.6 is 15.9 Å². The van der Waals surface area contributed by atoms with Gasteiger partial charge in [0.25, 0.3) is 0 Å². The first-order valence-electron chi connectivity index (χ1n) is 7.77. The van der Waals surface area contributed by atoms with Gasteiger partial charge in [-0.1, -0.05) is 19.1 Å². The zero-order chi connectivity index (χ0) is 17.9. The van der Waals surface area contributed by atoms with Crippen molar-refractivity contribution in [2.45, 2.75) is 24.7 Å². The largest absolute Gasteiger partial charge is 0.462 e. The van der Waals surface area contributed by atoms with Crippen molar-refractivity contribution in [1.29, 1.82) is 0 Å². The molecule has 0 bridgehead atoms. The van der Waals surface area contributed by atoms with Crippen LogP contribution in [0.15, 0.2) is 39.7 Å². The molecule has 0 heterocycles. The minimum absolute atomic E-state index is 0.0518. The molecular weight excluding hydrogens is 394 g/mol. The Morgan fingerprint density at radius 2 is 1.96 bits per heavy atom.